The van der Waals surface area contributed by atoms with Crippen LogP contribution in [0.4, 0.5) is 4.39 Å². The zero-order valence-electron chi connectivity index (χ0n) is 17.3. The fraction of sp³-hybridized carbons (Fsp3) is 0.292. The number of fused-ring (bicyclic) bond motifs is 4. The van der Waals surface area contributed by atoms with Gasteiger partial charge in [0.25, 0.3) is 5.91 Å². The molecule has 1 fully saturated rings. The van der Waals surface area contributed by atoms with Gasteiger partial charge in [0.15, 0.2) is 17.3 Å². The molecular weight excluding hydrogens is 397 g/mol. The molecule has 0 radical (unpaired) electrons. The summed E-state index contributed by atoms with van der Waals surface area (Å²) >= 11 is 0. The Kier molecular flexibility index (Phi) is 4.81. The van der Waals surface area contributed by atoms with E-state index in [0.717, 1.165) is 29.7 Å². The second-order valence-electron chi connectivity index (χ2n) is 7.84. The molecule has 7 heteroatoms. The summed E-state index contributed by atoms with van der Waals surface area (Å²) in [5.74, 6) is 1.39. The standard InChI is InChI=1S/C24H22FN3O3/c1-30-21-10-5-15(11-22(21)31-2)24(29)28-17-8-9-20(28)18-13-26-23(27-19(18)12-17)14-3-6-16(25)7-4-14/h3-7,10-11,13,17,20H,8-9,12H2,1-2H3/t17-,20+/m0/s1. The molecule has 3 heterocycles. The van der Waals surface area contributed by atoms with Gasteiger partial charge in [-0.2, -0.15) is 0 Å². The average molecular weight is 419 g/mol. The van der Waals surface area contributed by atoms with Gasteiger partial charge in [-0.1, -0.05) is 0 Å². The highest BCUT2D eigenvalue weighted by Gasteiger charge is 2.43. The molecule has 2 atom stereocenters. The molecule has 1 saturated heterocycles. The van der Waals surface area contributed by atoms with E-state index in [0.29, 0.717) is 29.3 Å². The fourth-order valence-corrected chi connectivity index (χ4v) is 4.64. The Bertz CT molecular complexity index is 1150. The first kappa shape index (κ1) is 19.5. The van der Waals surface area contributed by atoms with E-state index in [1.807, 2.05) is 11.1 Å². The van der Waals surface area contributed by atoms with Crippen LogP contribution in [0.2, 0.25) is 0 Å². The molecule has 2 bridgehead atoms. The van der Waals surface area contributed by atoms with Gasteiger partial charge in [0.1, 0.15) is 5.82 Å². The van der Waals surface area contributed by atoms with Gasteiger partial charge in [-0.15, -0.1) is 0 Å². The summed E-state index contributed by atoms with van der Waals surface area (Å²) in [7, 11) is 3.13. The van der Waals surface area contributed by atoms with Crippen LogP contribution in [0.1, 0.15) is 40.5 Å². The Morgan fingerprint density at radius 2 is 1.84 bits per heavy atom. The van der Waals surface area contributed by atoms with Crippen LogP contribution in [-0.2, 0) is 6.42 Å². The lowest BCUT2D eigenvalue weighted by atomic mass is 9.97. The quantitative estimate of drug-likeness (QED) is 0.634. The molecule has 31 heavy (non-hydrogen) atoms. The number of rotatable bonds is 4. The molecule has 2 aliphatic heterocycles. The number of amides is 1. The van der Waals surface area contributed by atoms with Crippen LogP contribution in [0.15, 0.2) is 48.7 Å². The first-order chi connectivity index (χ1) is 15.1. The summed E-state index contributed by atoms with van der Waals surface area (Å²) in [6.07, 6.45) is 4.31. The van der Waals surface area contributed by atoms with Crippen LogP contribution in [0.25, 0.3) is 11.4 Å². The van der Waals surface area contributed by atoms with E-state index in [1.165, 1.54) is 12.1 Å². The summed E-state index contributed by atoms with van der Waals surface area (Å²) in [5, 5.41) is 0. The van der Waals surface area contributed by atoms with E-state index < -0.39 is 0 Å². The summed E-state index contributed by atoms with van der Waals surface area (Å²) in [5.41, 5.74) is 3.31. The zero-order chi connectivity index (χ0) is 21.5. The third-order valence-electron chi connectivity index (χ3n) is 6.16. The minimum atomic E-state index is -0.288. The molecule has 1 amide bonds. The van der Waals surface area contributed by atoms with Gasteiger partial charge in [0.2, 0.25) is 0 Å². The molecule has 1 aromatic heterocycles. The van der Waals surface area contributed by atoms with Crippen LogP contribution < -0.4 is 9.47 Å². The van der Waals surface area contributed by atoms with Gasteiger partial charge in [-0.3, -0.25) is 4.79 Å². The van der Waals surface area contributed by atoms with E-state index in [2.05, 4.69) is 4.98 Å². The number of aromatic nitrogens is 2. The number of benzene rings is 2. The average Bonchev–Trinajstić information content (AvgIpc) is 3.12. The van der Waals surface area contributed by atoms with Crippen LogP contribution in [0.5, 0.6) is 11.5 Å². The number of halogens is 1. The molecule has 5 rings (SSSR count). The minimum absolute atomic E-state index is 0.0262. The van der Waals surface area contributed by atoms with E-state index in [9.17, 15) is 9.18 Å². The summed E-state index contributed by atoms with van der Waals surface area (Å²) in [6, 6.07) is 11.5. The predicted molar refractivity (Wildman–Crippen MR) is 113 cm³/mol. The van der Waals surface area contributed by atoms with Gasteiger partial charge in [-0.05, 0) is 55.3 Å². The van der Waals surface area contributed by atoms with Crippen molar-refractivity contribution >= 4 is 5.91 Å². The summed E-state index contributed by atoms with van der Waals surface area (Å²) in [4.78, 5) is 24.7. The Hall–Kier alpha value is -3.48. The Balaban J connectivity index is 1.46. The Morgan fingerprint density at radius 1 is 1.06 bits per heavy atom. The van der Waals surface area contributed by atoms with Crippen molar-refractivity contribution in [1.82, 2.24) is 14.9 Å². The SMILES string of the molecule is COc1ccc(C(=O)N2[C@H]3CC[C@@H]2c2cnc(-c4ccc(F)cc4)nc2C3)cc1OC. The minimum Gasteiger partial charge on any atom is -0.493 e. The van der Waals surface area contributed by atoms with Gasteiger partial charge in [-0.25, -0.2) is 14.4 Å². The monoisotopic (exact) mass is 419 g/mol. The molecule has 0 unspecified atom stereocenters. The zero-order valence-corrected chi connectivity index (χ0v) is 17.3. The van der Waals surface area contributed by atoms with Gasteiger partial charge in [0.05, 0.1) is 26.0 Å². The maximum Gasteiger partial charge on any atom is 0.254 e. The lowest BCUT2D eigenvalue weighted by Crippen LogP contribution is -2.42. The number of hydrogen-bond donors (Lipinski definition) is 0. The molecule has 0 saturated carbocycles. The van der Waals surface area contributed by atoms with Crippen LogP contribution >= 0.6 is 0 Å². The lowest BCUT2D eigenvalue weighted by molar-refractivity contribution is 0.0643. The van der Waals surface area contributed by atoms with Gasteiger partial charge >= 0.3 is 0 Å². The van der Waals surface area contributed by atoms with Crippen molar-refractivity contribution in [2.24, 2.45) is 0 Å². The second-order valence-corrected chi connectivity index (χ2v) is 7.84. The number of nitrogens with zero attached hydrogens (tertiary/aromatic N) is 3. The van der Waals surface area contributed by atoms with Crippen LogP contribution in [0, 0.1) is 5.82 Å². The first-order valence-electron chi connectivity index (χ1n) is 10.3. The molecule has 3 aromatic rings. The van der Waals surface area contributed by atoms with Crippen molar-refractivity contribution in [2.45, 2.75) is 31.3 Å². The summed E-state index contributed by atoms with van der Waals surface area (Å²) < 4.78 is 23.9. The number of ether oxygens (including phenoxy) is 2. The normalized spacial score (nSPS) is 19.1. The molecule has 0 aliphatic carbocycles. The Morgan fingerprint density at radius 3 is 2.58 bits per heavy atom. The predicted octanol–water partition coefficient (Wildman–Crippen LogP) is 4.20. The van der Waals surface area contributed by atoms with E-state index in [4.69, 9.17) is 14.5 Å². The molecule has 0 spiro atoms. The maximum atomic E-state index is 13.4. The van der Waals surface area contributed by atoms with Crippen molar-refractivity contribution < 1.29 is 18.7 Å². The molecule has 2 aliphatic rings. The van der Waals surface area contributed by atoms with E-state index >= 15 is 0 Å². The van der Waals surface area contributed by atoms with Crippen LogP contribution in [0.3, 0.4) is 0 Å². The molecule has 158 valence electrons. The maximum absolute atomic E-state index is 13.4. The largest absolute Gasteiger partial charge is 0.493 e. The topological polar surface area (TPSA) is 64.5 Å². The van der Waals surface area contributed by atoms with Crippen LogP contribution in [-0.4, -0.2) is 41.0 Å². The van der Waals surface area contributed by atoms with Gasteiger partial charge in [0, 0.05) is 35.3 Å². The highest BCUT2D eigenvalue weighted by atomic mass is 19.1. The first-order valence-corrected chi connectivity index (χ1v) is 10.3. The van der Waals surface area contributed by atoms with Crippen molar-refractivity contribution in [3.8, 4) is 22.9 Å². The fourth-order valence-electron chi connectivity index (χ4n) is 4.64. The third-order valence-corrected chi connectivity index (χ3v) is 6.16. The summed E-state index contributed by atoms with van der Waals surface area (Å²) in [6.45, 7) is 0. The molecule has 2 aromatic carbocycles. The highest BCUT2D eigenvalue weighted by Crippen LogP contribution is 2.44. The number of hydrogen-bond acceptors (Lipinski definition) is 5. The number of carbonyl (C=O) groups excluding carboxylic acids is 1. The second kappa shape index (κ2) is 7.65. The molecular formula is C24H22FN3O3. The third kappa shape index (κ3) is 3.30. The van der Waals surface area contributed by atoms with Crippen molar-refractivity contribution in [3.05, 3.63) is 71.3 Å². The van der Waals surface area contributed by atoms with E-state index in [1.54, 1.807) is 44.6 Å². The number of carbonyl (C=O) groups is 1. The number of methoxy groups -OCH3 is 2. The van der Waals surface area contributed by atoms with Crippen molar-refractivity contribution in [3.63, 3.8) is 0 Å². The van der Waals surface area contributed by atoms with Crippen molar-refractivity contribution in [1.29, 1.82) is 0 Å². The van der Waals surface area contributed by atoms with Gasteiger partial charge < -0.3 is 14.4 Å². The smallest absolute Gasteiger partial charge is 0.254 e. The van der Waals surface area contributed by atoms with Crippen molar-refractivity contribution in [2.75, 3.05) is 14.2 Å². The lowest BCUT2D eigenvalue weighted by Gasteiger charge is -2.36. The Labute approximate surface area is 179 Å². The highest BCUT2D eigenvalue weighted by molar-refractivity contribution is 5.96. The molecule has 6 nitrogen and oxygen atoms in total. The molecule has 0 N–H and O–H groups in total. The van der Waals surface area contributed by atoms with E-state index in [-0.39, 0.29) is 23.8 Å².